The van der Waals surface area contributed by atoms with Crippen LogP contribution in [0, 0.1) is 17.7 Å². The molecule has 0 aromatic heterocycles. The topological polar surface area (TPSA) is 29.5 Å². The molecule has 2 rings (SSSR count). The second-order valence-electron chi connectivity index (χ2n) is 4.45. The van der Waals surface area contributed by atoms with Gasteiger partial charge in [-0.25, -0.2) is 4.39 Å². The van der Waals surface area contributed by atoms with Gasteiger partial charge in [0.15, 0.2) is 0 Å². The summed E-state index contributed by atoms with van der Waals surface area (Å²) in [6.07, 6.45) is 4.24. The van der Waals surface area contributed by atoms with E-state index in [1.165, 1.54) is 12.5 Å². The van der Waals surface area contributed by atoms with Gasteiger partial charge in [-0.1, -0.05) is 17.9 Å². The maximum atomic E-state index is 13.5. The van der Waals surface area contributed by atoms with Crippen molar-refractivity contribution in [1.29, 1.82) is 0 Å². The zero-order valence-corrected chi connectivity index (χ0v) is 10.3. The summed E-state index contributed by atoms with van der Waals surface area (Å²) in [4.78, 5) is 0. The molecule has 1 fully saturated rings. The number of hydrogen-bond donors (Lipinski definition) is 1. The molecule has 3 heteroatoms. The van der Waals surface area contributed by atoms with Gasteiger partial charge in [0, 0.05) is 6.42 Å². The third-order valence-electron chi connectivity index (χ3n) is 3.03. The summed E-state index contributed by atoms with van der Waals surface area (Å²) in [5.41, 5.74) is 1.31. The Morgan fingerprint density at radius 2 is 2.22 bits per heavy atom. The molecule has 1 aliphatic carbocycles. The van der Waals surface area contributed by atoms with Crippen LogP contribution in [0.5, 0.6) is 0 Å². The van der Waals surface area contributed by atoms with Crippen LogP contribution in [0.4, 0.5) is 4.39 Å². The SMILES string of the molecule is OCCC#Cc1cc(COC2CCC2)ccc1F. The van der Waals surface area contributed by atoms with E-state index in [0.29, 0.717) is 24.7 Å². The van der Waals surface area contributed by atoms with Crippen molar-refractivity contribution in [3.8, 4) is 11.8 Å². The van der Waals surface area contributed by atoms with E-state index in [0.717, 1.165) is 18.4 Å². The van der Waals surface area contributed by atoms with Crippen molar-refractivity contribution in [3.63, 3.8) is 0 Å². The summed E-state index contributed by atoms with van der Waals surface area (Å²) in [5.74, 6) is 5.13. The highest BCUT2D eigenvalue weighted by atomic mass is 19.1. The lowest BCUT2D eigenvalue weighted by Gasteiger charge is -2.25. The Morgan fingerprint density at radius 1 is 1.39 bits per heavy atom. The van der Waals surface area contributed by atoms with Crippen molar-refractivity contribution < 1.29 is 14.2 Å². The Labute approximate surface area is 107 Å². The van der Waals surface area contributed by atoms with Crippen LogP contribution >= 0.6 is 0 Å². The summed E-state index contributed by atoms with van der Waals surface area (Å²) in [5, 5.41) is 8.63. The Balaban J connectivity index is 1.98. The second kappa shape index (κ2) is 6.53. The average Bonchev–Trinajstić information content (AvgIpc) is 2.31. The largest absolute Gasteiger partial charge is 0.395 e. The van der Waals surface area contributed by atoms with Crippen LogP contribution in [-0.2, 0) is 11.3 Å². The van der Waals surface area contributed by atoms with E-state index in [4.69, 9.17) is 9.84 Å². The van der Waals surface area contributed by atoms with Crippen molar-refractivity contribution in [2.24, 2.45) is 0 Å². The van der Waals surface area contributed by atoms with E-state index < -0.39 is 0 Å². The quantitative estimate of drug-likeness (QED) is 0.830. The van der Waals surface area contributed by atoms with E-state index in [-0.39, 0.29) is 12.4 Å². The van der Waals surface area contributed by atoms with Crippen LogP contribution in [0.1, 0.15) is 36.8 Å². The molecule has 2 nitrogen and oxygen atoms in total. The Morgan fingerprint density at radius 3 is 2.89 bits per heavy atom. The Bertz CT molecular complexity index is 455. The molecule has 1 aromatic rings. The first-order chi connectivity index (χ1) is 8.79. The first-order valence-corrected chi connectivity index (χ1v) is 6.29. The number of benzene rings is 1. The number of halogens is 1. The van der Waals surface area contributed by atoms with Gasteiger partial charge in [-0.05, 0) is 37.0 Å². The zero-order valence-electron chi connectivity index (χ0n) is 10.3. The minimum Gasteiger partial charge on any atom is -0.395 e. The third kappa shape index (κ3) is 3.56. The van der Waals surface area contributed by atoms with Gasteiger partial charge in [-0.3, -0.25) is 0 Å². The van der Waals surface area contributed by atoms with Crippen molar-refractivity contribution in [2.45, 2.75) is 38.4 Å². The molecule has 0 aliphatic heterocycles. The molecule has 0 heterocycles. The molecule has 96 valence electrons. The summed E-state index contributed by atoms with van der Waals surface area (Å²) in [6.45, 7) is 0.513. The minimum absolute atomic E-state index is 0.000892. The van der Waals surface area contributed by atoms with Crippen molar-refractivity contribution in [1.82, 2.24) is 0 Å². The van der Waals surface area contributed by atoms with Gasteiger partial charge in [-0.2, -0.15) is 0 Å². The molecular weight excluding hydrogens is 231 g/mol. The van der Waals surface area contributed by atoms with E-state index >= 15 is 0 Å². The molecule has 1 aliphatic rings. The number of hydrogen-bond acceptors (Lipinski definition) is 2. The molecule has 0 atom stereocenters. The molecule has 0 spiro atoms. The highest BCUT2D eigenvalue weighted by Crippen LogP contribution is 2.23. The van der Waals surface area contributed by atoms with E-state index in [1.54, 1.807) is 12.1 Å². The van der Waals surface area contributed by atoms with Gasteiger partial charge in [0.2, 0.25) is 0 Å². The zero-order chi connectivity index (χ0) is 12.8. The van der Waals surface area contributed by atoms with Gasteiger partial charge >= 0.3 is 0 Å². The monoisotopic (exact) mass is 248 g/mol. The van der Waals surface area contributed by atoms with Crippen molar-refractivity contribution >= 4 is 0 Å². The molecule has 0 radical (unpaired) electrons. The van der Waals surface area contributed by atoms with E-state index in [1.807, 2.05) is 0 Å². The number of rotatable bonds is 4. The lowest BCUT2D eigenvalue weighted by atomic mass is 9.96. The minimum atomic E-state index is -0.326. The Hall–Kier alpha value is -1.37. The van der Waals surface area contributed by atoms with Crippen molar-refractivity contribution in [2.75, 3.05) is 6.61 Å². The lowest BCUT2D eigenvalue weighted by molar-refractivity contribution is -0.00868. The summed E-state index contributed by atoms with van der Waals surface area (Å²) < 4.78 is 19.1. The van der Waals surface area contributed by atoms with Crippen LogP contribution in [0.15, 0.2) is 18.2 Å². The van der Waals surface area contributed by atoms with Crippen LogP contribution in [0.3, 0.4) is 0 Å². The molecular formula is C15H17FO2. The first kappa shape index (κ1) is 13.1. The number of ether oxygens (including phenoxy) is 1. The Kier molecular flexibility index (Phi) is 4.74. The average molecular weight is 248 g/mol. The lowest BCUT2D eigenvalue weighted by Crippen LogP contribution is -2.21. The fourth-order valence-corrected chi connectivity index (χ4v) is 1.72. The molecule has 0 amide bonds. The molecule has 0 saturated heterocycles. The molecule has 1 aromatic carbocycles. The maximum Gasteiger partial charge on any atom is 0.138 e. The molecule has 1 N–H and O–H groups in total. The van der Waals surface area contributed by atoms with E-state index in [2.05, 4.69) is 11.8 Å². The normalized spacial score (nSPS) is 14.8. The summed E-state index contributed by atoms with van der Waals surface area (Å²) >= 11 is 0. The van der Waals surface area contributed by atoms with Crippen LogP contribution in [0.25, 0.3) is 0 Å². The van der Waals surface area contributed by atoms with Crippen LogP contribution < -0.4 is 0 Å². The van der Waals surface area contributed by atoms with Crippen LogP contribution in [-0.4, -0.2) is 17.8 Å². The highest BCUT2D eigenvalue weighted by Gasteiger charge is 2.17. The predicted molar refractivity (Wildman–Crippen MR) is 67.4 cm³/mol. The maximum absolute atomic E-state index is 13.5. The molecule has 1 saturated carbocycles. The third-order valence-corrected chi connectivity index (χ3v) is 3.03. The van der Waals surface area contributed by atoms with Gasteiger partial charge in [-0.15, -0.1) is 0 Å². The van der Waals surface area contributed by atoms with Crippen molar-refractivity contribution in [3.05, 3.63) is 35.1 Å². The van der Waals surface area contributed by atoms with E-state index in [9.17, 15) is 4.39 Å². The summed E-state index contributed by atoms with van der Waals surface area (Å²) in [7, 11) is 0. The van der Waals surface area contributed by atoms with Gasteiger partial charge in [0.05, 0.1) is 24.9 Å². The first-order valence-electron chi connectivity index (χ1n) is 6.29. The molecule has 18 heavy (non-hydrogen) atoms. The van der Waals surface area contributed by atoms with Crippen LogP contribution in [0.2, 0.25) is 0 Å². The smallest absolute Gasteiger partial charge is 0.138 e. The standard InChI is InChI=1S/C15H17FO2/c16-15-8-7-12(11-18-14-5-3-6-14)10-13(15)4-1-2-9-17/h7-8,10,14,17H,2-3,5-6,9,11H2. The fraction of sp³-hybridized carbons (Fsp3) is 0.467. The fourth-order valence-electron chi connectivity index (χ4n) is 1.72. The highest BCUT2D eigenvalue weighted by molar-refractivity contribution is 5.38. The van der Waals surface area contributed by atoms with Gasteiger partial charge in [0.1, 0.15) is 5.82 Å². The summed E-state index contributed by atoms with van der Waals surface area (Å²) in [6, 6.07) is 4.87. The number of aliphatic hydroxyl groups excluding tert-OH is 1. The van der Waals surface area contributed by atoms with Gasteiger partial charge < -0.3 is 9.84 Å². The second-order valence-corrected chi connectivity index (χ2v) is 4.45. The molecule has 0 bridgehead atoms. The predicted octanol–water partition coefficient (Wildman–Crippen LogP) is 2.63. The number of aliphatic hydroxyl groups is 1. The molecule has 0 unspecified atom stereocenters. The van der Waals surface area contributed by atoms with Gasteiger partial charge in [0.25, 0.3) is 0 Å².